The van der Waals surface area contributed by atoms with Gasteiger partial charge in [-0.25, -0.2) is 22.0 Å². The Morgan fingerprint density at radius 2 is 1.73 bits per heavy atom. The maximum absolute atomic E-state index is 13.2. The number of ether oxygens (including phenoxy) is 2. The van der Waals surface area contributed by atoms with Gasteiger partial charge in [0.2, 0.25) is 5.71 Å². The molecule has 4 rings (SSSR count). The van der Waals surface area contributed by atoms with E-state index in [0.29, 0.717) is 16.7 Å². The molecule has 210 valence electrons. The van der Waals surface area contributed by atoms with Crippen LogP contribution in [0.3, 0.4) is 0 Å². The topological polar surface area (TPSA) is 152 Å². The number of amides is 1. The number of alkyl carbamates (subject to hydrolysis) is 1. The minimum atomic E-state index is -3.81. The van der Waals surface area contributed by atoms with Gasteiger partial charge in [0, 0.05) is 18.1 Å². The summed E-state index contributed by atoms with van der Waals surface area (Å²) < 4.78 is 37.9. The second-order valence-electron chi connectivity index (χ2n) is 8.41. The minimum Gasteiger partial charge on any atom is -0.454 e. The van der Waals surface area contributed by atoms with Crippen LogP contribution >= 0.6 is 23.2 Å². The molecule has 1 heterocycles. The number of nitrogens with one attached hydrogen (secondary N) is 2. The van der Waals surface area contributed by atoms with Gasteiger partial charge < -0.3 is 14.8 Å². The molecule has 0 aliphatic carbocycles. The number of rotatable bonds is 8. The van der Waals surface area contributed by atoms with Crippen molar-refractivity contribution >= 4 is 67.6 Å². The van der Waals surface area contributed by atoms with Gasteiger partial charge in [-0.05, 0) is 62.4 Å². The lowest BCUT2D eigenvalue weighted by atomic mass is 10.2. The average Bonchev–Trinajstić information content (AvgIpc) is 3.36. The van der Waals surface area contributed by atoms with E-state index in [4.69, 9.17) is 33.2 Å². The molecule has 1 aromatic heterocycles. The van der Waals surface area contributed by atoms with Gasteiger partial charge >= 0.3 is 12.1 Å². The monoisotopic (exact) mass is 613 g/mol. The Labute approximate surface area is 244 Å². The van der Waals surface area contributed by atoms with Crippen molar-refractivity contribution in [3.8, 4) is 17.6 Å². The highest BCUT2D eigenvalue weighted by atomic mass is 35.5. The summed E-state index contributed by atoms with van der Waals surface area (Å²) in [6.45, 7) is 3.73. The number of fused-ring (bicyclic) bond motifs is 1. The zero-order valence-electron chi connectivity index (χ0n) is 21.5. The van der Waals surface area contributed by atoms with Crippen molar-refractivity contribution in [2.75, 3.05) is 12.0 Å². The van der Waals surface area contributed by atoms with E-state index < -0.39 is 27.8 Å². The lowest BCUT2D eigenvalue weighted by Gasteiger charge is -2.12. The van der Waals surface area contributed by atoms with E-state index in [9.17, 15) is 18.0 Å². The standard InChI is InChI=1S/C27H21Cl2N5O6S/c1-3-31-27(36)40-26(35)23(15-30)33-32-18-13-21(28)25(22(29)14-18)39-19-6-9-24-17(12-19)10-11-34(24)41(37,38)20-7-4-16(2)5-8-20/h4-14,32H,3H2,1-2H3,(H,31,36)/b33-23-. The number of nitrogens with zero attached hydrogens (tertiary/aromatic N) is 3. The number of aryl methyl sites for hydroxylation is 1. The van der Waals surface area contributed by atoms with Crippen LogP contribution in [0.5, 0.6) is 11.5 Å². The van der Waals surface area contributed by atoms with Crippen molar-refractivity contribution in [2.24, 2.45) is 5.10 Å². The molecule has 0 saturated carbocycles. The third-order valence-corrected chi connectivity index (χ3v) is 7.79. The fourth-order valence-corrected chi connectivity index (χ4v) is 5.50. The second-order valence-corrected chi connectivity index (χ2v) is 11.0. The molecule has 0 aliphatic heterocycles. The summed E-state index contributed by atoms with van der Waals surface area (Å²) in [4.78, 5) is 23.5. The second kappa shape index (κ2) is 12.3. The zero-order chi connectivity index (χ0) is 29.7. The zero-order valence-corrected chi connectivity index (χ0v) is 23.8. The highest BCUT2D eigenvalue weighted by molar-refractivity contribution is 7.90. The molecular weight excluding hydrogens is 593 g/mol. The fourth-order valence-electron chi connectivity index (χ4n) is 3.58. The molecule has 4 aromatic rings. The highest BCUT2D eigenvalue weighted by Crippen LogP contribution is 2.39. The van der Waals surface area contributed by atoms with Gasteiger partial charge in [0.1, 0.15) is 11.8 Å². The number of benzene rings is 3. The number of aromatic nitrogens is 1. The lowest BCUT2D eigenvalue weighted by molar-refractivity contribution is -0.129. The molecule has 0 unspecified atom stereocenters. The normalized spacial score (nSPS) is 11.5. The molecular formula is C27H21Cl2N5O6S. The molecule has 2 N–H and O–H groups in total. The summed E-state index contributed by atoms with van der Waals surface area (Å²) in [6.07, 6.45) is 0.446. The van der Waals surface area contributed by atoms with Crippen LogP contribution in [0, 0.1) is 18.3 Å². The fraction of sp³-hybridized carbons (Fsp3) is 0.111. The maximum Gasteiger partial charge on any atom is 0.415 e. The largest absolute Gasteiger partial charge is 0.454 e. The first-order valence-corrected chi connectivity index (χ1v) is 14.1. The number of hydrogen-bond acceptors (Lipinski definition) is 9. The van der Waals surface area contributed by atoms with Gasteiger partial charge in [0.05, 0.1) is 26.1 Å². The average molecular weight is 614 g/mol. The summed E-state index contributed by atoms with van der Waals surface area (Å²) in [5, 5.41) is 15.8. The minimum absolute atomic E-state index is 0.0678. The molecule has 0 spiro atoms. The lowest BCUT2D eigenvalue weighted by Crippen LogP contribution is -2.29. The molecule has 0 atom stereocenters. The van der Waals surface area contributed by atoms with Gasteiger partial charge in [-0.15, -0.1) is 0 Å². The third-order valence-electron chi connectivity index (χ3n) is 5.52. The molecule has 3 aromatic carbocycles. The predicted molar refractivity (Wildman–Crippen MR) is 154 cm³/mol. The van der Waals surface area contributed by atoms with Crippen LogP contribution in [0.2, 0.25) is 10.0 Å². The Hall–Kier alpha value is -4.57. The van der Waals surface area contributed by atoms with Crippen molar-refractivity contribution in [1.82, 2.24) is 9.29 Å². The van der Waals surface area contributed by atoms with E-state index in [1.807, 2.05) is 6.92 Å². The van der Waals surface area contributed by atoms with Gasteiger partial charge in [-0.2, -0.15) is 10.4 Å². The summed E-state index contributed by atoms with van der Waals surface area (Å²) in [6, 6.07) is 17.3. The molecule has 41 heavy (non-hydrogen) atoms. The van der Waals surface area contributed by atoms with Crippen LogP contribution in [0.1, 0.15) is 12.5 Å². The van der Waals surface area contributed by atoms with Crippen LogP contribution in [0.15, 0.2) is 76.9 Å². The van der Waals surface area contributed by atoms with Crippen LogP contribution in [0.4, 0.5) is 10.5 Å². The number of hydrazone groups is 1. The summed E-state index contributed by atoms with van der Waals surface area (Å²) >= 11 is 12.7. The van der Waals surface area contributed by atoms with E-state index in [-0.39, 0.29) is 32.9 Å². The van der Waals surface area contributed by atoms with Crippen LogP contribution in [-0.2, 0) is 19.6 Å². The van der Waals surface area contributed by atoms with Gasteiger partial charge in [0.25, 0.3) is 10.0 Å². The molecule has 0 radical (unpaired) electrons. The van der Waals surface area contributed by atoms with Crippen LogP contribution in [0.25, 0.3) is 10.9 Å². The molecule has 0 fully saturated rings. The third kappa shape index (κ3) is 6.60. The van der Waals surface area contributed by atoms with Crippen LogP contribution in [-0.4, -0.2) is 36.7 Å². The first-order valence-electron chi connectivity index (χ1n) is 11.9. The number of carbonyl (C=O) groups excluding carboxylic acids is 2. The van der Waals surface area contributed by atoms with Crippen molar-refractivity contribution in [3.63, 3.8) is 0 Å². The quantitative estimate of drug-likeness (QED) is 0.109. The Morgan fingerprint density at radius 3 is 2.37 bits per heavy atom. The van der Waals surface area contributed by atoms with Crippen molar-refractivity contribution in [3.05, 3.63) is 82.5 Å². The Morgan fingerprint density at radius 1 is 1.05 bits per heavy atom. The van der Waals surface area contributed by atoms with Gasteiger partial charge in [-0.3, -0.25) is 5.43 Å². The molecule has 0 bridgehead atoms. The number of carbonyl (C=O) groups is 2. The SMILES string of the molecule is CCNC(=O)OC(=O)/C(C#N)=N\Nc1cc(Cl)c(Oc2ccc3c(ccn3S(=O)(=O)c3ccc(C)cc3)c2)c(Cl)c1. The summed E-state index contributed by atoms with van der Waals surface area (Å²) in [5.74, 6) is -0.811. The van der Waals surface area contributed by atoms with Crippen molar-refractivity contribution in [2.45, 2.75) is 18.7 Å². The number of hydrogen-bond donors (Lipinski definition) is 2. The first kappa shape index (κ1) is 29.4. The van der Waals surface area contributed by atoms with E-state index >= 15 is 0 Å². The number of halogens is 2. The van der Waals surface area contributed by atoms with Crippen LogP contribution < -0.4 is 15.5 Å². The smallest absolute Gasteiger partial charge is 0.415 e. The van der Waals surface area contributed by atoms with E-state index in [0.717, 1.165) is 5.56 Å². The van der Waals surface area contributed by atoms with Gasteiger partial charge in [0.15, 0.2) is 5.75 Å². The predicted octanol–water partition coefficient (Wildman–Crippen LogP) is 5.85. The van der Waals surface area contributed by atoms with E-state index in [2.05, 4.69) is 20.6 Å². The molecule has 1 amide bonds. The van der Waals surface area contributed by atoms with E-state index in [1.54, 1.807) is 55.5 Å². The highest BCUT2D eigenvalue weighted by Gasteiger charge is 2.20. The molecule has 0 saturated heterocycles. The summed E-state index contributed by atoms with van der Waals surface area (Å²) in [7, 11) is -3.81. The van der Waals surface area contributed by atoms with Crippen molar-refractivity contribution in [1.29, 1.82) is 5.26 Å². The molecule has 14 heteroatoms. The van der Waals surface area contributed by atoms with Crippen molar-refractivity contribution < 1.29 is 27.5 Å². The number of esters is 1. The number of anilines is 1. The molecule has 0 aliphatic rings. The number of nitriles is 1. The summed E-state index contributed by atoms with van der Waals surface area (Å²) in [5.41, 5.74) is 3.35. The van der Waals surface area contributed by atoms with E-state index in [1.165, 1.54) is 28.4 Å². The first-order chi connectivity index (χ1) is 19.5. The Kier molecular flexibility index (Phi) is 8.83. The van der Waals surface area contributed by atoms with Gasteiger partial charge in [-0.1, -0.05) is 40.9 Å². The maximum atomic E-state index is 13.2. The Balaban J connectivity index is 1.53. The molecule has 11 nitrogen and oxygen atoms in total. The Bertz CT molecular complexity index is 1810.